The number of amides is 3. The summed E-state index contributed by atoms with van der Waals surface area (Å²) in [6, 6.07) is 13.6. The van der Waals surface area contributed by atoms with Crippen molar-refractivity contribution in [1.82, 2.24) is 15.5 Å². The molecule has 0 bridgehead atoms. The first-order valence-corrected chi connectivity index (χ1v) is 11.1. The molecule has 0 saturated heterocycles. The van der Waals surface area contributed by atoms with Crippen LogP contribution < -0.4 is 20.7 Å². The fourth-order valence-electron chi connectivity index (χ4n) is 2.75. The van der Waals surface area contributed by atoms with Crippen LogP contribution in [0.5, 0.6) is 5.75 Å². The molecular weight excluding hydrogens is 442 g/mol. The number of nitrogens with one attached hydrogen (secondary N) is 3. The van der Waals surface area contributed by atoms with Crippen LogP contribution in [0.2, 0.25) is 0 Å². The van der Waals surface area contributed by atoms with E-state index < -0.39 is 0 Å². The fourth-order valence-corrected chi connectivity index (χ4v) is 3.48. The maximum Gasteiger partial charge on any atom is 0.257 e. The number of methoxy groups -OCH3 is 1. The minimum Gasteiger partial charge on any atom is -0.497 e. The molecule has 3 N–H and O–H groups in total. The Morgan fingerprint density at radius 2 is 1.70 bits per heavy atom. The van der Waals surface area contributed by atoms with Gasteiger partial charge in [-0.15, -0.1) is 10.2 Å². The molecule has 0 aliphatic carbocycles. The van der Waals surface area contributed by atoms with E-state index in [1.165, 1.54) is 11.3 Å². The zero-order valence-electron chi connectivity index (χ0n) is 18.5. The van der Waals surface area contributed by atoms with E-state index in [2.05, 4.69) is 26.1 Å². The Balaban J connectivity index is 1.51. The molecule has 33 heavy (non-hydrogen) atoms. The summed E-state index contributed by atoms with van der Waals surface area (Å²) in [7, 11) is 1.55. The minimum absolute atomic E-state index is 0.125. The number of anilines is 2. The zero-order chi connectivity index (χ0) is 23.8. The van der Waals surface area contributed by atoms with Gasteiger partial charge < -0.3 is 15.4 Å². The molecule has 1 aromatic heterocycles. The first kappa shape index (κ1) is 23.9. The second kappa shape index (κ2) is 11.2. The van der Waals surface area contributed by atoms with Crippen LogP contribution in [0.15, 0.2) is 48.5 Å². The molecule has 10 heteroatoms. The van der Waals surface area contributed by atoms with Crippen molar-refractivity contribution >= 4 is 39.9 Å². The Bertz CT molecular complexity index is 1150. The van der Waals surface area contributed by atoms with Crippen molar-refractivity contribution < 1.29 is 19.1 Å². The highest BCUT2D eigenvalue weighted by Crippen LogP contribution is 2.18. The molecule has 3 rings (SSSR count). The zero-order valence-corrected chi connectivity index (χ0v) is 19.4. The molecule has 3 amide bonds. The van der Waals surface area contributed by atoms with Crippen molar-refractivity contribution in [1.29, 1.82) is 0 Å². The number of rotatable bonds is 9. The summed E-state index contributed by atoms with van der Waals surface area (Å²) >= 11 is 1.23. The highest BCUT2D eigenvalue weighted by Gasteiger charge is 2.13. The summed E-state index contributed by atoms with van der Waals surface area (Å²) in [4.78, 5) is 36.7. The number of aromatic nitrogens is 2. The van der Waals surface area contributed by atoms with Gasteiger partial charge >= 0.3 is 0 Å². The lowest BCUT2D eigenvalue weighted by atomic mass is 10.1. The Morgan fingerprint density at radius 1 is 0.970 bits per heavy atom. The highest BCUT2D eigenvalue weighted by molar-refractivity contribution is 7.15. The van der Waals surface area contributed by atoms with Gasteiger partial charge in [0.1, 0.15) is 10.8 Å². The Morgan fingerprint density at radius 3 is 2.42 bits per heavy atom. The summed E-state index contributed by atoms with van der Waals surface area (Å²) in [5, 5.41) is 17.4. The predicted octanol–water partition coefficient (Wildman–Crippen LogP) is 3.37. The van der Waals surface area contributed by atoms with Crippen LogP contribution in [-0.2, 0) is 11.2 Å². The van der Waals surface area contributed by atoms with Gasteiger partial charge in [-0.2, -0.15) is 0 Å². The number of nitrogens with zero attached hydrogens (tertiary/aromatic N) is 2. The molecule has 0 unspecified atom stereocenters. The Hall–Kier alpha value is -3.79. The van der Waals surface area contributed by atoms with Crippen molar-refractivity contribution in [3.8, 4) is 5.75 Å². The summed E-state index contributed by atoms with van der Waals surface area (Å²) in [6.07, 6.45) is 0.472. The van der Waals surface area contributed by atoms with Crippen LogP contribution in [0.4, 0.5) is 10.8 Å². The molecule has 0 radical (unpaired) electrons. The summed E-state index contributed by atoms with van der Waals surface area (Å²) in [6.45, 7) is 3.96. The van der Waals surface area contributed by atoms with Gasteiger partial charge in [0.25, 0.3) is 11.8 Å². The number of benzene rings is 2. The van der Waals surface area contributed by atoms with Crippen LogP contribution in [0.25, 0.3) is 0 Å². The maximum absolute atomic E-state index is 12.6. The molecule has 0 spiro atoms. The van der Waals surface area contributed by atoms with Crippen LogP contribution in [0, 0.1) is 5.92 Å². The van der Waals surface area contributed by atoms with Gasteiger partial charge in [0.05, 0.1) is 7.11 Å². The van der Waals surface area contributed by atoms with E-state index >= 15 is 0 Å². The first-order chi connectivity index (χ1) is 15.9. The van der Waals surface area contributed by atoms with Gasteiger partial charge in [0.2, 0.25) is 11.0 Å². The normalized spacial score (nSPS) is 10.5. The third kappa shape index (κ3) is 6.84. The van der Waals surface area contributed by atoms with Crippen molar-refractivity contribution in [2.24, 2.45) is 5.92 Å². The van der Waals surface area contributed by atoms with E-state index in [9.17, 15) is 14.4 Å². The van der Waals surface area contributed by atoms with Crippen molar-refractivity contribution in [2.45, 2.75) is 20.3 Å². The van der Waals surface area contributed by atoms with Gasteiger partial charge in [-0.25, -0.2) is 0 Å². The maximum atomic E-state index is 12.6. The topological polar surface area (TPSA) is 122 Å². The van der Waals surface area contributed by atoms with E-state index in [0.717, 1.165) is 0 Å². The first-order valence-electron chi connectivity index (χ1n) is 10.3. The van der Waals surface area contributed by atoms with Crippen LogP contribution >= 0.6 is 11.3 Å². The number of carbonyl (C=O) groups excluding carboxylic acids is 3. The smallest absolute Gasteiger partial charge is 0.257 e. The van der Waals surface area contributed by atoms with Crippen LogP contribution in [0.3, 0.4) is 0 Å². The van der Waals surface area contributed by atoms with Crippen LogP contribution in [0.1, 0.15) is 39.6 Å². The van der Waals surface area contributed by atoms with E-state index in [4.69, 9.17) is 4.74 Å². The molecule has 1 heterocycles. The van der Waals surface area contributed by atoms with Gasteiger partial charge in [-0.1, -0.05) is 37.3 Å². The third-order valence-electron chi connectivity index (χ3n) is 4.56. The van der Waals surface area contributed by atoms with Crippen molar-refractivity contribution in [3.05, 3.63) is 64.7 Å². The van der Waals surface area contributed by atoms with Crippen molar-refractivity contribution in [3.63, 3.8) is 0 Å². The van der Waals surface area contributed by atoms with Crippen molar-refractivity contribution in [2.75, 3.05) is 24.3 Å². The van der Waals surface area contributed by atoms with E-state index in [1.807, 2.05) is 0 Å². The average Bonchev–Trinajstić information content (AvgIpc) is 3.26. The van der Waals surface area contributed by atoms with E-state index in [-0.39, 0.29) is 23.6 Å². The lowest BCUT2D eigenvalue weighted by molar-refractivity contribution is -0.118. The van der Waals surface area contributed by atoms with Crippen LogP contribution in [-0.4, -0.2) is 41.6 Å². The van der Waals surface area contributed by atoms with E-state index in [0.29, 0.717) is 45.7 Å². The highest BCUT2D eigenvalue weighted by atomic mass is 32.1. The molecule has 0 aliphatic rings. The summed E-state index contributed by atoms with van der Waals surface area (Å²) in [5.41, 5.74) is 1.44. The standard InChI is InChI=1S/C23H25N5O4S/c1-14(2)20(29)25-17-8-4-6-15(12-17)22(31)26-23-28-27-19(33-23)10-11-24-21(30)16-7-5-9-18(13-16)32-3/h4-9,12-14H,10-11H2,1-3H3,(H,24,30)(H,25,29)(H,26,28,31). The largest absolute Gasteiger partial charge is 0.497 e. The SMILES string of the molecule is COc1cccc(C(=O)NCCc2nnc(NC(=O)c3cccc(NC(=O)C(C)C)c3)s2)c1. The lowest BCUT2D eigenvalue weighted by Crippen LogP contribution is -2.25. The molecule has 0 atom stereocenters. The minimum atomic E-state index is -0.357. The second-order valence-electron chi connectivity index (χ2n) is 7.42. The van der Waals surface area contributed by atoms with Gasteiger partial charge in [0, 0.05) is 35.7 Å². The van der Waals surface area contributed by atoms with Gasteiger partial charge in [-0.3, -0.25) is 19.7 Å². The molecule has 0 aliphatic heterocycles. The summed E-state index contributed by atoms with van der Waals surface area (Å²) in [5.74, 6) is -0.247. The lowest BCUT2D eigenvalue weighted by Gasteiger charge is -2.09. The quantitative estimate of drug-likeness (QED) is 0.444. The Kier molecular flexibility index (Phi) is 8.09. The van der Waals surface area contributed by atoms with Gasteiger partial charge in [-0.05, 0) is 36.4 Å². The fraction of sp³-hybridized carbons (Fsp3) is 0.261. The second-order valence-corrected chi connectivity index (χ2v) is 8.48. The number of ether oxygens (including phenoxy) is 1. The average molecular weight is 468 g/mol. The monoisotopic (exact) mass is 467 g/mol. The molecule has 0 fully saturated rings. The number of hydrogen-bond donors (Lipinski definition) is 3. The number of carbonyl (C=O) groups is 3. The predicted molar refractivity (Wildman–Crippen MR) is 127 cm³/mol. The van der Waals surface area contributed by atoms with Gasteiger partial charge in [0.15, 0.2) is 0 Å². The van der Waals surface area contributed by atoms with E-state index in [1.54, 1.807) is 69.5 Å². The third-order valence-corrected chi connectivity index (χ3v) is 5.46. The molecule has 9 nitrogen and oxygen atoms in total. The Labute approximate surface area is 195 Å². The molecule has 0 saturated carbocycles. The molecular formula is C23H25N5O4S. The molecule has 3 aromatic rings. The number of hydrogen-bond acceptors (Lipinski definition) is 7. The molecule has 2 aromatic carbocycles. The molecule has 172 valence electrons. The summed E-state index contributed by atoms with van der Waals surface area (Å²) < 4.78 is 5.13.